The summed E-state index contributed by atoms with van der Waals surface area (Å²) in [5.74, 6) is 0.105. The number of hydrogen-bond donors (Lipinski definition) is 1. The van der Waals surface area contributed by atoms with Gasteiger partial charge in [-0.05, 0) is 78.3 Å². The summed E-state index contributed by atoms with van der Waals surface area (Å²) in [6.07, 6.45) is 6.77. The monoisotopic (exact) mass is 715 g/mol. The highest BCUT2D eigenvalue weighted by Gasteiger charge is 2.59. The summed E-state index contributed by atoms with van der Waals surface area (Å²) >= 11 is 6.63. The van der Waals surface area contributed by atoms with Gasteiger partial charge >= 0.3 is 5.97 Å². The van der Waals surface area contributed by atoms with Crippen molar-refractivity contribution in [2.75, 3.05) is 6.61 Å². The molecule has 3 heterocycles. The predicted molar refractivity (Wildman–Crippen MR) is 190 cm³/mol. The number of nitrogens with two attached hydrogens (primary N) is 1. The fourth-order valence-corrected chi connectivity index (χ4v) is 7.90. The first kappa shape index (κ1) is 34.8. The number of aryl methyl sites for hydroxylation is 1. The van der Waals surface area contributed by atoms with E-state index in [1.165, 1.54) is 17.3 Å². The number of ether oxygens (including phenoxy) is 1. The van der Waals surface area contributed by atoms with E-state index >= 15 is 4.39 Å². The summed E-state index contributed by atoms with van der Waals surface area (Å²) < 4.78 is 25.4. The van der Waals surface area contributed by atoms with Gasteiger partial charge in [0.15, 0.2) is 23.1 Å². The molecule has 8 rings (SSSR count). The van der Waals surface area contributed by atoms with Crippen LogP contribution in [0.25, 0.3) is 22.8 Å². The van der Waals surface area contributed by atoms with E-state index in [-0.39, 0.29) is 42.4 Å². The molecule has 2 aromatic carbocycles. The van der Waals surface area contributed by atoms with Crippen molar-refractivity contribution >= 4 is 29.4 Å². The van der Waals surface area contributed by atoms with E-state index in [9.17, 15) is 9.59 Å². The van der Waals surface area contributed by atoms with Crippen LogP contribution in [0.5, 0.6) is 0 Å². The summed E-state index contributed by atoms with van der Waals surface area (Å²) in [6, 6.07) is 8.99. The fourth-order valence-electron chi connectivity index (χ4n) is 7.70. The van der Waals surface area contributed by atoms with E-state index in [0.29, 0.717) is 33.4 Å². The Balaban J connectivity index is 1.27. The Morgan fingerprint density at radius 2 is 1.86 bits per heavy atom. The molecule has 268 valence electrons. The van der Waals surface area contributed by atoms with Crippen LogP contribution in [0.15, 0.2) is 54.0 Å². The first-order valence-electron chi connectivity index (χ1n) is 17.3. The van der Waals surface area contributed by atoms with Gasteiger partial charge in [0, 0.05) is 19.0 Å². The molecule has 0 radical (unpaired) electrons. The second-order valence-electron chi connectivity index (χ2n) is 15.9. The number of guanidine groups is 1. The van der Waals surface area contributed by atoms with Crippen LogP contribution in [0.4, 0.5) is 4.39 Å². The zero-order valence-corrected chi connectivity index (χ0v) is 30.5. The van der Waals surface area contributed by atoms with Crippen LogP contribution in [0.3, 0.4) is 0 Å². The van der Waals surface area contributed by atoms with Gasteiger partial charge in [-0.3, -0.25) is 14.5 Å². The molecular formula is C37H43ClFN9O3. The molecule has 14 heteroatoms. The number of carbonyl (C=O) groups is 2. The van der Waals surface area contributed by atoms with Crippen LogP contribution in [-0.4, -0.2) is 58.9 Å². The Bertz CT molecular complexity index is 2030. The molecule has 12 nitrogen and oxygen atoms in total. The lowest BCUT2D eigenvalue weighted by Crippen LogP contribution is -2.59. The minimum absolute atomic E-state index is 0.0217. The van der Waals surface area contributed by atoms with E-state index in [1.807, 2.05) is 39.3 Å². The van der Waals surface area contributed by atoms with Gasteiger partial charge < -0.3 is 10.5 Å². The van der Waals surface area contributed by atoms with E-state index in [2.05, 4.69) is 20.2 Å². The molecule has 3 fully saturated rings. The van der Waals surface area contributed by atoms with Crippen molar-refractivity contribution in [3.8, 4) is 22.8 Å². The number of esters is 1. The molecule has 3 saturated carbocycles. The minimum atomic E-state index is -1.57. The molecule has 2 aromatic heterocycles. The molecule has 0 saturated heterocycles. The van der Waals surface area contributed by atoms with Gasteiger partial charge in [-0.2, -0.15) is 10.2 Å². The lowest BCUT2D eigenvalue weighted by Gasteiger charge is -2.61. The van der Waals surface area contributed by atoms with Crippen LogP contribution in [0, 0.1) is 23.1 Å². The number of amides is 1. The van der Waals surface area contributed by atoms with Crippen LogP contribution < -0.4 is 5.73 Å². The van der Waals surface area contributed by atoms with Crippen molar-refractivity contribution in [1.29, 1.82) is 0 Å². The first-order chi connectivity index (χ1) is 24.1. The van der Waals surface area contributed by atoms with Gasteiger partial charge in [-0.1, -0.05) is 58.4 Å². The molecule has 2 atom stereocenters. The number of hydrogen-bond acceptors (Lipinski definition) is 9. The van der Waals surface area contributed by atoms with Crippen LogP contribution >= 0.6 is 11.6 Å². The summed E-state index contributed by atoms with van der Waals surface area (Å²) in [7, 11) is 1.74. The molecule has 1 aliphatic heterocycles. The number of halogens is 2. The number of carbonyl (C=O) groups excluding carboxylic acids is 2. The maximum Gasteiger partial charge on any atom is 0.306 e. The van der Waals surface area contributed by atoms with E-state index in [4.69, 9.17) is 27.1 Å². The summed E-state index contributed by atoms with van der Waals surface area (Å²) in [5, 5.41) is 9.23. The SMILES string of the molecule is CC(C)CC(=O)OC[C@H](c1ccc(Cl)c(-c2ncnn2C)c1)N1C(=O)[C@@](CC(C)(C)C)(c2ccc(-c3ncn(C45CC(C4)C5)n3)c(F)c2)N=C1N. The van der Waals surface area contributed by atoms with Gasteiger partial charge in [-0.15, -0.1) is 0 Å². The zero-order chi connectivity index (χ0) is 36.5. The van der Waals surface area contributed by atoms with Crippen molar-refractivity contribution in [3.05, 3.63) is 71.0 Å². The first-order valence-corrected chi connectivity index (χ1v) is 17.7. The average Bonchev–Trinajstić information content (AvgIpc) is 3.70. The Hall–Kier alpha value is -4.65. The quantitative estimate of drug-likeness (QED) is 0.182. The topological polar surface area (TPSA) is 146 Å². The third-order valence-corrected chi connectivity index (χ3v) is 10.5. The Labute approximate surface area is 301 Å². The van der Waals surface area contributed by atoms with Crippen molar-refractivity contribution < 1.29 is 18.7 Å². The highest BCUT2D eigenvalue weighted by atomic mass is 35.5. The summed E-state index contributed by atoms with van der Waals surface area (Å²) in [6.45, 7) is 9.59. The minimum Gasteiger partial charge on any atom is -0.463 e. The second-order valence-corrected chi connectivity index (χ2v) is 16.3. The third-order valence-electron chi connectivity index (χ3n) is 10.2. The van der Waals surface area contributed by atoms with E-state index in [0.717, 1.165) is 25.2 Å². The molecule has 1 amide bonds. The Morgan fingerprint density at radius 1 is 1.12 bits per heavy atom. The molecule has 2 N–H and O–H groups in total. The maximum absolute atomic E-state index is 16.1. The molecule has 4 aromatic rings. The molecular weight excluding hydrogens is 673 g/mol. The fraction of sp³-hybridized carbons (Fsp3) is 0.486. The highest BCUT2D eigenvalue weighted by Crippen LogP contribution is 2.62. The van der Waals surface area contributed by atoms with Gasteiger partial charge in [0.1, 0.15) is 25.1 Å². The van der Waals surface area contributed by atoms with Gasteiger partial charge in [0.25, 0.3) is 5.91 Å². The standard InChI is InChI=1S/C37H43ClFN9O3/c1-21(2)11-30(49)51-17-29(23-7-10-27(38)26(12-23)32-41-19-43-46(32)6)48-33(50)37(44-34(48)40,18-35(3,4)5)24-8-9-25(28(39)13-24)31-42-20-47(45-31)36-14-22(15-36)16-36/h7-10,12-13,19-22,29H,11,14-18H2,1-6H3,(H2,40,44)/t22?,29-,36?,37-/m1/s1. The third kappa shape index (κ3) is 6.19. The number of aromatic nitrogens is 6. The van der Waals surface area contributed by atoms with Crippen molar-refractivity contribution in [1.82, 2.24) is 34.4 Å². The Morgan fingerprint density at radius 3 is 2.47 bits per heavy atom. The van der Waals surface area contributed by atoms with Crippen molar-refractivity contribution in [2.45, 2.75) is 83.8 Å². The molecule has 2 bridgehead atoms. The van der Waals surface area contributed by atoms with E-state index in [1.54, 1.807) is 48.4 Å². The number of rotatable bonds is 11. The Kier molecular flexibility index (Phi) is 8.55. The zero-order valence-electron chi connectivity index (χ0n) is 29.7. The maximum atomic E-state index is 16.1. The van der Waals surface area contributed by atoms with Gasteiger partial charge in [0.05, 0.1) is 22.2 Å². The van der Waals surface area contributed by atoms with E-state index < -0.39 is 34.7 Å². The highest BCUT2D eigenvalue weighted by molar-refractivity contribution is 6.33. The average molecular weight is 716 g/mol. The number of aliphatic imine (C=N–C) groups is 1. The molecule has 51 heavy (non-hydrogen) atoms. The lowest BCUT2D eigenvalue weighted by molar-refractivity contribution is -0.148. The molecule has 3 aliphatic carbocycles. The normalized spacial score (nSPS) is 23.2. The lowest BCUT2D eigenvalue weighted by atomic mass is 9.50. The number of benzene rings is 2. The van der Waals surface area contributed by atoms with Crippen LogP contribution in [-0.2, 0) is 32.5 Å². The van der Waals surface area contributed by atoms with Crippen molar-refractivity contribution in [2.24, 2.45) is 35.0 Å². The van der Waals surface area contributed by atoms with Crippen LogP contribution in [0.1, 0.15) is 83.9 Å². The second kappa shape index (κ2) is 12.5. The predicted octanol–water partition coefficient (Wildman–Crippen LogP) is 6.16. The number of nitrogens with zero attached hydrogens (tertiary/aromatic N) is 8. The summed E-state index contributed by atoms with van der Waals surface area (Å²) in [4.78, 5) is 42.8. The van der Waals surface area contributed by atoms with Gasteiger partial charge in [0.2, 0.25) is 0 Å². The van der Waals surface area contributed by atoms with Crippen LogP contribution in [0.2, 0.25) is 5.02 Å². The summed E-state index contributed by atoms with van der Waals surface area (Å²) in [5.41, 5.74) is 6.43. The molecule has 0 unspecified atom stereocenters. The largest absolute Gasteiger partial charge is 0.463 e. The smallest absolute Gasteiger partial charge is 0.306 e. The van der Waals surface area contributed by atoms with Gasteiger partial charge in [-0.25, -0.2) is 28.7 Å². The molecule has 0 spiro atoms. The van der Waals surface area contributed by atoms with Crippen molar-refractivity contribution in [3.63, 3.8) is 0 Å². The molecule has 4 aliphatic rings.